The Morgan fingerprint density at radius 3 is 2.32 bits per heavy atom. The summed E-state index contributed by atoms with van der Waals surface area (Å²) in [4.78, 5) is 13.7. The van der Waals surface area contributed by atoms with Crippen LogP contribution in [0.2, 0.25) is 0 Å². The normalized spacial score (nSPS) is 13.7. The summed E-state index contributed by atoms with van der Waals surface area (Å²) in [6.45, 7) is 6.21. The van der Waals surface area contributed by atoms with Crippen LogP contribution in [-0.2, 0) is 0 Å². The van der Waals surface area contributed by atoms with E-state index in [0.29, 0.717) is 6.04 Å². The zero-order valence-corrected chi connectivity index (χ0v) is 12.5. The van der Waals surface area contributed by atoms with Crippen molar-refractivity contribution in [3.63, 3.8) is 0 Å². The largest absolute Gasteiger partial charge is 0.325 e. The standard InChI is InChI=1S/C15H25N3O/c1-6-11(2)18(5)15(19)17-14-9-7-13(8-10-14)12(3)16-4/h7-12,16H,6H2,1-5H3,(H,17,19). The van der Waals surface area contributed by atoms with Gasteiger partial charge in [0.25, 0.3) is 0 Å². The smallest absolute Gasteiger partial charge is 0.321 e. The zero-order valence-electron chi connectivity index (χ0n) is 12.5. The summed E-state index contributed by atoms with van der Waals surface area (Å²) in [5.74, 6) is 0. The van der Waals surface area contributed by atoms with E-state index in [1.807, 2.05) is 45.3 Å². The highest BCUT2D eigenvalue weighted by atomic mass is 16.2. The summed E-state index contributed by atoms with van der Waals surface area (Å²) in [6, 6.07) is 8.41. The third-order valence-corrected chi connectivity index (χ3v) is 3.67. The third-order valence-electron chi connectivity index (χ3n) is 3.67. The molecule has 2 atom stereocenters. The maximum absolute atomic E-state index is 12.0. The maximum atomic E-state index is 12.0. The fraction of sp³-hybridized carbons (Fsp3) is 0.533. The fourth-order valence-electron chi connectivity index (χ4n) is 1.71. The average molecular weight is 263 g/mol. The number of urea groups is 1. The van der Waals surface area contributed by atoms with Crippen LogP contribution in [0.25, 0.3) is 0 Å². The Morgan fingerprint density at radius 1 is 1.26 bits per heavy atom. The van der Waals surface area contributed by atoms with Crippen molar-refractivity contribution < 1.29 is 4.79 Å². The van der Waals surface area contributed by atoms with E-state index in [-0.39, 0.29) is 12.1 Å². The number of benzene rings is 1. The predicted octanol–water partition coefficient (Wildman–Crippen LogP) is 3.23. The second-order valence-corrected chi connectivity index (χ2v) is 4.93. The van der Waals surface area contributed by atoms with Gasteiger partial charge in [-0.3, -0.25) is 0 Å². The molecule has 4 heteroatoms. The van der Waals surface area contributed by atoms with E-state index in [1.54, 1.807) is 4.90 Å². The van der Waals surface area contributed by atoms with Gasteiger partial charge in [0.2, 0.25) is 0 Å². The van der Waals surface area contributed by atoms with E-state index in [0.717, 1.165) is 12.1 Å². The first kappa shape index (κ1) is 15.5. The molecule has 19 heavy (non-hydrogen) atoms. The summed E-state index contributed by atoms with van der Waals surface area (Å²) in [5.41, 5.74) is 2.03. The molecule has 1 aromatic rings. The highest BCUT2D eigenvalue weighted by Crippen LogP contribution is 2.16. The van der Waals surface area contributed by atoms with Crippen molar-refractivity contribution >= 4 is 11.7 Å². The molecule has 0 aromatic heterocycles. The Morgan fingerprint density at radius 2 is 1.84 bits per heavy atom. The van der Waals surface area contributed by atoms with Crippen LogP contribution in [0.15, 0.2) is 24.3 Å². The van der Waals surface area contributed by atoms with E-state index >= 15 is 0 Å². The van der Waals surface area contributed by atoms with Gasteiger partial charge < -0.3 is 15.5 Å². The quantitative estimate of drug-likeness (QED) is 0.856. The number of hydrogen-bond acceptors (Lipinski definition) is 2. The monoisotopic (exact) mass is 263 g/mol. The molecule has 0 saturated carbocycles. The lowest BCUT2D eigenvalue weighted by Gasteiger charge is -2.24. The molecule has 0 radical (unpaired) electrons. The fourth-order valence-corrected chi connectivity index (χ4v) is 1.71. The van der Waals surface area contributed by atoms with Gasteiger partial charge in [-0.2, -0.15) is 0 Å². The van der Waals surface area contributed by atoms with Gasteiger partial charge in [0, 0.05) is 24.8 Å². The molecule has 4 nitrogen and oxygen atoms in total. The van der Waals surface area contributed by atoms with Crippen LogP contribution in [0.5, 0.6) is 0 Å². The first-order valence-corrected chi connectivity index (χ1v) is 6.80. The Bertz CT molecular complexity index is 402. The third kappa shape index (κ3) is 4.24. The summed E-state index contributed by atoms with van der Waals surface area (Å²) < 4.78 is 0. The molecule has 0 bridgehead atoms. The van der Waals surface area contributed by atoms with E-state index in [4.69, 9.17) is 0 Å². The molecule has 1 rings (SSSR count). The van der Waals surface area contributed by atoms with Crippen LogP contribution in [0, 0.1) is 0 Å². The first-order chi connectivity index (χ1) is 8.99. The van der Waals surface area contributed by atoms with Gasteiger partial charge in [0.05, 0.1) is 0 Å². The minimum Gasteiger partial charge on any atom is -0.325 e. The van der Waals surface area contributed by atoms with Crippen LogP contribution >= 0.6 is 0 Å². The van der Waals surface area contributed by atoms with Crippen LogP contribution < -0.4 is 10.6 Å². The molecule has 1 aromatic carbocycles. The minimum atomic E-state index is -0.0660. The van der Waals surface area contributed by atoms with Crippen molar-refractivity contribution in [2.45, 2.75) is 39.3 Å². The number of nitrogens with zero attached hydrogens (tertiary/aromatic N) is 1. The molecule has 0 aliphatic rings. The van der Waals surface area contributed by atoms with Gasteiger partial charge in [-0.1, -0.05) is 19.1 Å². The number of amides is 2. The molecular weight excluding hydrogens is 238 g/mol. The van der Waals surface area contributed by atoms with Gasteiger partial charge >= 0.3 is 6.03 Å². The van der Waals surface area contributed by atoms with Gasteiger partial charge in [-0.15, -0.1) is 0 Å². The van der Waals surface area contributed by atoms with E-state index in [1.165, 1.54) is 5.56 Å². The molecule has 0 aliphatic heterocycles. The van der Waals surface area contributed by atoms with E-state index in [9.17, 15) is 4.79 Å². The number of carbonyl (C=O) groups is 1. The molecule has 0 saturated heterocycles. The van der Waals surface area contributed by atoms with Crippen molar-refractivity contribution in [1.29, 1.82) is 0 Å². The molecular formula is C15H25N3O. The number of nitrogens with one attached hydrogen (secondary N) is 2. The van der Waals surface area contributed by atoms with Crippen LogP contribution in [0.3, 0.4) is 0 Å². The summed E-state index contributed by atoms with van der Waals surface area (Å²) in [5, 5.41) is 6.09. The molecule has 0 spiro atoms. The molecule has 106 valence electrons. The highest BCUT2D eigenvalue weighted by molar-refractivity contribution is 5.89. The second-order valence-electron chi connectivity index (χ2n) is 4.93. The molecule has 2 unspecified atom stereocenters. The maximum Gasteiger partial charge on any atom is 0.321 e. The average Bonchev–Trinajstić information content (AvgIpc) is 2.45. The van der Waals surface area contributed by atoms with Crippen LogP contribution in [0.4, 0.5) is 10.5 Å². The predicted molar refractivity (Wildman–Crippen MR) is 80.5 cm³/mol. The molecule has 2 N–H and O–H groups in total. The van der Waals surface area contributed by atoms with Crippen molar-refractivity contribution in [3.05, 3.63) is 29.8 Å². The topological polar surface area (TPSA) is 44.4 Å². The van der Waals surface area contributed by atoms with Crippen molar-refractivity contribution in [1.82, 2.24) is 10.2 Å². The van der Waals surface area contributed by atoms with Gasteiger partial charge in [-0.25, -0.2) is 4.79 Å². The Labute approximate surface area is 116 Å². The van der Waals surface area contributed by atoms with Gasteiger partial charge in [-0.05, 0) is 45.0 Å². The molecule has 2 amide bonds. The Hall–Kier alpha value is -1.55. The van der Waals surface area contributed by atoms with E-state index in [2.05, 4.69) is 24.5 Å². The zero-order chi connectivity index (χ0) is 14.4. The van der Waals surface area contributed by atoms with Crippen molar-refractivity contribution in [2.24, 2.45) is 0 Å². The lowest BCUT2D eigenvalue weighted by Crippen LogP contribution is -2.37. The number of rotatable bonds is 5. The summed E-state index contributed by atoms with van der Waals surface area (Å²) in [6.07, 6.45) is 0.947. The van der Waals surface area contributed by atoms with Crippen molar-refractivity contribution in [2.75, 3.05) is 19.4 Å². The van der Waals surface area contributed by atoms with Gasteiger partial charge in [0.1, 0.15) is 0 Å². The van der Waals surface area contributed by atoms with E-state index < -0.39 is 0 Å². The molecule has 0 aliphatic carbocycles. The van der Waals surface area contributed by atoms with Crippen LogP contribution in [-0.4, -0.2) is 31.1 Å². The summed E-state index contributed by atoms with van der Waals surface area (Å²) >= 11 is 0. The molecule has 0 fully saturated rings. The lowest BCUT2D eigenvalue weighted by molar-refractivity contribution is 0.206. The molecule has 0 heterocycles. The number of carbonyl (C=O) groups excluding carboxylic acids is 1. The van der Waals surface area contributed by atoms with Gasteiger partial charge in [0.15, 0.2) is 0 Å². The van der Waals surface area contributed by atoms with Crippen molar-refractivity contribution in [3.8, 4) is 0 Å². The highest BCUT2D eigenvalue weighted by Gasteiger charge is 2.13. The second kappa shape index (κ2) is 7.14. The number of anilines is 1. The SMILES string of the molecule is CCC(C)N(C)C(=O)Nc1ccc(C(C)NC)cc1. The first-order valence-electron chi connectivity index (χ1n) is 6.80. The summed E-state index contributed by atoms with van der Waals surface area (Å²) in [7, 11) is 3.75. The number of hydrogen-bond donors (Lipinski definition) is 2. The van der Waals surface area contributed by atoms with Crippen LogP contribution in [0.1, 0.15) is 38.8 Å². The Balaban J connectivity index is 2.65. The minimum absolute atomic E-state index is 0.0660. The Kier molecular flexibility index (Phi) is 5.83. The lowest BCUT2D eigenvalue weighted by atomic mass is 10.1.